The van der Waals surface area contributed by atoms with E-state index in [1.54, 1.807) is 0 Å². The van der Waals surface area contributed by atoms with Crippen LogP contribution in [0.25, 0.3) is 0 Å². The summed E-state index contributed by atoms with van der Waals surface area (Å²) in [5, 5.41) is 0. The van der Waals surface area contributed by atoms with Crippen LogP contribution in [-0.4, -0.2) is 26.2 Å². The summed E-state index contributed by atoms with van der Waals surface area (Å²) in [6.45, 7) is 13.6. The zero-order valence-electron chi connectivity index (χ0n) is 10.8. The number of rotatable bonds is 0. The van der Waals surface area contributed by atoms with Crippen LogP contribution in [0, 0.1) is 0 Å². The van der Waals surface area contributed by atoms with Gasteiger partial charge in [-0.15, -0.1) is 0 Å². The average molecular weight is 399 g/mol. The van der Waals surface area contributed by atoms with E-state index >= 15 is 0 Å². The van der Waals surface area contributed by atoms with E-state index in [1.165, 1.54) is 11.1 Å². The van der Waals surface area contributed by atoms with Crippen LogP contribution in [0.4, 0.5) is 0 Å². The molecule has 1 aromatic rings. The van der Waals surface area contributed by atoms with Crippen molar-refractivity contribution in [1.82, 2.24) is 0 Å². The van der Waals surface area contributed by atoms with E-state index in [0.717, 1.165) is 0 Å². The average Bonchev–Trinajstić information content (AvgIpc) is 2.01. The second-order valence-corrected chi connectivity index (χ2v) is 6.08. The second kappa shape index (κ2) is 4.96. The fourth-order valence-electron chi connectivity index (χ4n) is 1.45. The molecule has 3 radical (unpaired) electrons. The Balaban J connectivity index is 0.00000196. The largest absolute Gasteiger partial charge is 0.0617 e. The third-order valence-corrected chi connectivity index (χ3v) is 2.59. The molecule has 0 bridgehead atoms. The van der Waals surface area contributed by atoms with Gasteiger partial charge < -0.3 is 0 Å². The molecule has 0 fully saturated rings. The molecule has 0 N–H and O–H groups in total. The molecule has 0 saturated carbocycles. The molecule has 15 heavy (non-hydrogen) atoms. The zero-order chi connectivity index (χ0) is 11.0. The number of hydrogen-bond acceptors (Lipinski definition) is 0. The van der Waals surface area contributed by atoms with Crippen LogP contribution >= 0.6 is 0 Å². The van der Waals surface area contributed by atoms with Crippen LogP contribution in [0.3, 0.4) is 0 Å². The van der Waals surface area contributed by atoms with Gasteiger partial charge in [0.2, 0.25) is 0 Å². The van der Waals surface area contributed by atoms with Gasteiger partial charge in [-0.25, -0.2) is 0 Å². The summed E-state index contributed by atoms with van der Waals surface area (Å²) in [6, 6.07) is 8.94. The number of benzene rings is 1. The Kier molecular flexibility index (Phi) is 4.99. The molecule has 0 amide bonds. The van der Waals surface area contributed by atoms with Crippen LogP contribution < -0.4 is 0 Å². The predicted octanol–water partition coefficient (Wildman–Crippen LogP) is 3.90. The van der Waals surface area contributed by atoms with Crippen molar-refractivity contribution >= 4 is 26.2 Å². The summed E-state index contributed by atoms with van der Waals surface area (Å²) in [5.41, 5.74) is 3.34. The van der Waals surface area contributed by atoms with Gasteiger partial charge in [-0.05, 0) is 22.0 Å². The Hall–Kier alpha value is 0.103. The summed E-state index contributed by atoms with van der Waals surface area (Å²) < 4.78 is 0. The summed E-state index contributed by atoms with van der Waals surface area (Å²) in [7, 11) is 0. The van der Waals surface area contributed by atoms with Crippen molar-refractivity contribution in [1.29, 1.82) is 0 Å². The zero-order valence-corrected chi connectivity index (χ0v) is 14.2. The van der Waals surface area contributed by atoms with E-state index in [0.29, 0.717) is 0 Å². The van der Waals surface area contributed by atoms with E-state index in [-0.39, 0.29) is 37.0 Å². The fourth-order valence-corrected chi connectivity index (χ4v) is 1.45. The van der Waals surface area contributed by atoms with Crippen molar-refractivity contribution in [3.8, 4) is 0 Å². The van der Waals surface area contributed by atoms with Gasteiger partial charge in [0, 0.05) is 26.2 Å². The van der Waals surface area contributed by atoms with Gasteiger partial charge in [0.15, 0.2) is 0 Å². The van der Waals surface area contributed by atoms with Crippen molar-refractivity contribution in [2.45, 2.75) is 52.4 Å². The van der Waals surface area contributed by atoms with Crippen molar-refractivity contribution in [2.24, 2.45) is 0 Å². The van der Waals surface area contributed by atoms with Crippen molar-refractivity contribution in [3.05, 3.63) is 35.4 Å². The van der Waals surface area contributed by atoms with Gasteiger partial charge in [0.1, 0.15) is 0 Å². The first kappa shape index (κ1) is 15.1. The maximum Gasteiger partial charge on any atom is 0 e. The Morgan fingerprint density at radius 2 is 1.07 bits per heavy atom. The first-order valence-electron chi connectivity index (χ1n) is 5.32. The van der Waals surface area contributed by atoms with E-state index in [9.17, 15) is 0 Å². The van der Waals surface area contributed by atoms with Crippen LogP contribution in [0.15, 0.2) is 24.3 Å². The van der Waals surface area contributed by atoms with E-state index < -0.39 is 0 Å². The van der Waals surface area contributed by atoms with Crippen LogP contribution in [-0.2, 0) is 10.8 Å². The Bertz CT molecular complexity index is 284. The van der Waals surface area contributed by atoms with Crippen LogP contribution in [0.2, 0.25) is 0 Å². The van der Waals surface area contributed by atoms with Crippen LogP contribution in [0.5, 0.6) is 0 Å². The molecule has 0 aliphatic heterocycles. The minimum Gasteiger partial charge on any atom is -0.0617 e. The SMILES string of the molecule is CC(C)(C)c1cccc(C(C)(C)C)c1.[Bi]. The van der Waals surface area contributed by atoms with Crippen molar-refractivity contribution in [2.75, 3.05) is 0 Å². The van der Waals surface area contributed by atoms with E-state index in [2.05, 4.69) is 65.8 Å². The molecule has 0 nitrogen and oxygen atoms in total. The third-order valence-electron chi connectivity index (χ3n) is 2.59. The second-order valence-electron chi connectivity index (χ2n) is 6.08. The minimum atomic E-state index is 0. The van der Waals surface area contributed by atoms with Gasteiger partial charge in [-0.3, -0.25) is 0 Å². The molecule has 83 valence electrons. The minimum absolute atomic E-state index is 0. The molecule has 1 heteroatoms. The Morgan fingerprint density at radius 1 is 0.733 bits per heavy atom. The molecular formula is C14H22Bi. The first-order chi connectivity index (χ1) is 6.21. The Labute approximate surface area is 114 Å². The van der Waals surface area contributed by atoms with Gasteiger partial charge >= 0.3 is 0 Å². The monoisotopic (exact) mass is 399 g/mol. The van der Waals surface area contributed by atoms with Gasteiger partial charge in [-0.2, -0.15) is 0 Å². The van der Waals surface area contributed by atoms with Gasteiger partial charge in [0.25, 0.3) is 0 Å². The molecule has 0 atom stereocenters. The van der Waals surface area contributed by atoms with Gasteiger partial charge in [0.05, 0.1) is 0 Å². The van der Waals surface area contributed by atoms with E-state index in [4.69, 9.17) is 0 Å². The third kappa shape index (κ3) is 4.23. The molecule has 0 aliphatic rings. The topological polar surface area (TPSA) is 0 Å². The molecule has 0 aliphatic carbocycles. The molecule has 0 unspecified atom stereocenters. The normalized spacial score (nSPS) is 12.1. The maximum atomic E-state index is 2.33. The molecule has 0 spiro atoms. The molecular weight excluding hydrogens is 377 g/mol. The molecule has 1 rings (SSSR count). The molecule has 0 aromatic heterocycles. The summed E-state index contributed by atoms with van der Waals surface area (Å²) in [6.07, 6.45) is 0. The first-order valence-corrected chi connectivity index (χ1v) is 5.32. The standard InChI is InChI=1S/C14H22.Bi/c1-13(2,3)11-8-7-9-12(10-11)14(4,5)6;/h7-10H,1-6H3;. The summed E-state index contributed by atoms with van der Waals surface area (Å²) in [4.78, 5) is 0. The smallest absolute Gasteiger partial charge is 0 e. The van der Waals surface area contributed by atoms with Gasteiger partial charge in [-0.1, -0.05) is 65.8 Å². The fraction of sp³-hybridized carbons (Fsp3) is 0.571. The predicted molar refractivity (Wildman–Crippen MR) is 69.6 cm³/mol. The van der Waals surface area contributed by atoms with Crippen molar-refractivity contribution < 1.29 is 0 Å². The summed E-state index contributed by atoms with van der Waals surface area (Å²) in [5.74, 6) is 0. The van der Waals surface area contributed by atoms with Crippen LogP contribution in [0.1, 0.15) is 52.7 Å². The number of hydrogen-bond donors (Lipinski definition) is 0. The summed E-state index contributed by atoms with van der Waals surface area (Å²) >= 11 is 0. The molecule has 1 aromatic carbocycles. The maximum absolute atomic E-state index is 2.33. The Morgan fingerprint density at radius 3 is 1.33 bits per heavy atom. The van der Waals surface area contributed by atoms with E-state index in [1.807, 2.05) is 0 Å². The molecule has 0 heterocycles. The quantitative estimate of drug-likeness (QED) is 0.581. The molecule has 0 saturated heterocycles. The van der Waals surface area contributed by atoms with Crippen molar-refractivity contribution in [3.63, 3.8) is 0 Å².